The lowest BCUT2D eigenvalue weighted by molar-refractivity contribution is -0.119. The van der Waals surface area contributed by atoms with Gasteiger partial charge in [-0.05, 0) is 24.6 Å². The van der Waals surface area contributed by atoms with Gasteiger partial charge in [0, 0.05) is 0 Å². The van der Waals surface area contributed by atoms with Crippen molar-refractivity contribution in [3.63, 3.8) is 0 Å². The van der Waals surface area contributed by atoms with Gasteiger partial charge in [-0.1, -0.05) is 12.1 Å². The second kappa shape index (κ2) is 4.86. The maximum absolute atomic E-state index is 11.0. The zero-order chi connectivity index (χ0) is 10.6. The van der Waals surface area contributed by atoms with Gasteiger partial charge in [0.2, 0.25) is 5.91 Å². The molecule has 0 aliphatic carbocycles. The summed E-state index contributed by atoms with van der Waals surface area (Å²) in [5.41, 5.74) is 0.850. The van der Waals surface area contributed by atoms with E-state index < -0.39 is 0 Å². The quantitative estimate of drug-likeness (QED) is 0.753. The third kappa shape index (κ3) is 2.92. The summed E-state index contributed by atoms with van der Waals surface area (Å²) in [5, 5.41) is 11.9. The molecular weight excluding hydrogens is 202 g/mol. The Bertz CT molecular complexity index is 328. The monoisotopic (exact) mass is 213 g/mol. The van der Waals surface area contributed by atoms with Crippen LogP contribution >= 0.6 is 11.6 Å². The maximum Gasteiger partial charge on any atom is 0.235 e. The summed E-state index contributed by atoms with van der Waals surface area (Å²) in [5.74, 6) is -0.0830. The van der Waals surface area contributed by atoms with Crippen molar-refractivity contribution in [2.45, 2.75) is 13.0 Å². The van der Waals surface area contributed by atoms with E-state index in [-0.39, 0.29) is 23.6 Å². The van der Waals surface area contributed by atoms with E-state index in [1.165, 1.54) is 0 Å². The minimum absolute atomic E-state index is 0.0524. The molecule has 0 aliphatic heterocycles. The number of alkyl halides is 1. The zero-order valence-electron chi connectivity index (χ0n) is 7.83. The van der Waals surface area contributed by atoms with Crippen LogP contribution in [0.2, 0.25) is 0 Å². The lowest BCUT2D eigenvalue weighted by Crippen LogP contribution is -2.27. The van der Waals surface area contributed by atoms with Gasteiger partial charge in [-0.15, -0.1) is 11.6 Å². The van der Waals surface area contributed by atoms with Crippen molar-refractivity contribution < 1.29 is 9.90 Å². The molecule has 0 radical (unpaired) electrons. The molecule has 0 bridgehead atoms. The molecule has 0 unspecified atom stereocenters. The number of phenols is 1. The van der Waals surface area contributed by atoms with Crippen molar-refractivity contribution in [2.75, 3.05) is 5.88 Å². The van der Waals surface area contributed by atoms with Crippen LogP contribution in [0.1, 0.15) is 18.5 Å². The topological polar surface area (TPSA) is 49.3 Å². The first-order valence-electron chi connectivity index (χ1n) is 4.27. The van der Waals surface area contributed by atoms with Crippen LogP contribution in [0.15, 0.2) is 24.3 Å². The first-order valence-corrected chi connectivity index (χ1v) is 4.81. The molecule has 0 saturated carbocycles. The highest BCUT2D eigenvalue weighted by molar-refractivity contribution is 6.27. The number of benzene rings is 1. The average Bonchev–Trinajstić information content (AvgIpc) is 2.17. The zero-order valence-corrected chi connectivity index (χ0v) is 8.58. The molecule has 0 heterocycles. The van der Waals surface area contributed by atoms with Crippen molar-refractivity contribution in [1.82, 2.24) is 5.32 Å². The molecule has 3 nitrogen and oxygen atoms in total. The van der Waals surface area contributed by atoms with Crippen LogP contribution in [-0.2, 0) is 4.79 Å². The van der Waals surface area contributed by atoms with Crippen LogP contribution in [0.25, 0.3) is 0 Å². The number of amides is 1. The number of carbonyl (C=O) groups is 1. The minimum Gasteiger partial charge on any atom is -0.508 e. The maximum atomic E-state index is 11.0. The standard InChI is InChI=1S/C10H12ClNO2/c1-7(12-10(14)6-11)8-3-2-4-9(13)5-8/h2-5,7,13H,6H2,1H3,(H,12,14)/t7-/m1/s1. The molecule has 0 aromatic heterocycles. The van der Waals surface area contributed by atoms with Gasteiger partial charge < -0.3 is 10.4 Å². The van der Waals surface area contributed by atoms with Crippen LogP contribution in [0.3, 0.4) is 0 Å². The number of nitrogens with one attached hydrogen (secondary N) is 1. The van der Waals surface area contributed by atoms with E-state index in [0.29, 0.717) is 0 Å². The van der Waals surface area contributed by atoms with E-state index in [0.717, 1.165) is 5.56 Å². The molecule has 2 N–H and O–H groups in total. The highest BCUT2D eigenvalue weighted by atomic mass is 35.5. The minimum atomic E-state index is -0.220. The van der Waals surface area contributed by atoms with Crippen LogP contribution in [0.4, 0.5) is 0 Å². The highest BCUT2D eigenvalue weighted by Crippen LogP contribution is 2.17. The number of phenolic OH excluding ortho intramolecular Hbond substituents is 1. The summed E-state index contributed by atoms with van der Waals surface area (Å²) < 4.78 is 0. The van der Waals surface area contributed by atoms with Gasteiger partial charge in [0.1, 0.15) is 11.6 Å². The summed E-state index contributed by atoms with van der Waals surface area (Å²) >= 11 is 5.35. The van der Waals surface area contributed by atoms with Crippen LogP contribution in [0, 0.1) is 0 Å². The van der Waals surface area contributed by atoms with E-state index in [2.05, 4.69) is 5.32 Å². The summed E-state index contributed by atoms with van der Waals surface area (Å²) in [4.78, 5) is 11.0. The highest BCUT2D eigenvalue weighted by Gasteiger charge is 2.08. The summed E-state index contributed by atoms with van der Waals surface area (Å²) in [7, 11) is 0. The summed E-state index contributed by atoms with van der Waals surface area (Å²) in [6.45, 7) is 1.83. The molecule has 0 fully saturated rings. The van der Waals surface area contributed by atoms with Gasteiger partial charge in [-0.3, -0.25) is 4.79 Å². The Morgan fingerprint density at radius 3 is 2.93 bits per heavy atom. The first kappa shape index (κ1) is 10.9. The van der Waals surface area contributed by atoms with Crippen molar-refractivity contribution in [1.29, 1.82) is 0 Å². The molecule has 1 atom stereocenters. The lowest BCUT2D eigenvalue weighted by Gasteiger charge is -2.13. The molecule has 1 aromatic carbocycles. The molecule has 1 aromatic rings. The summed E-state index contributed by atoms with van der Waals surface area (Å²) in [6, 6.07) is 6.61. The Morgan fingerprint density at radius 2 is 2.36 bits per heavy atom. The Morgan fingerprint density at radius 1 is 1.64 bits per heavy atom. The molecule has 14 heavy (non-hydrogen) atoms. The van der Waals surface area contributed by atoms with Gasteiger partial charge in [-0.2, -0.15) is 0 Å². The van der Waals surface area contributed by atoms with E-state index in [4.69, 9.17) is 11.6 Å². The van der Waals surface area contributed by atoms with E-state index >= 15 is 0 Å². The van der Waals surface area contributed by atoms with Gasteiger partial charge in [-0.25, -0.2) is 0 Å². The predicted molar refractivity (Wildman–Crippen MR) is 55.4 cm³/mol. The number of aromatic hydroxyl groups is 1. The van der Waals surface area contributed by atoms with Gasteiger partial charge in [0.25, 0.3) is 0 Å². The third-order valence-electron chi connectivity index (χ3n) is 1.87. The molecule has 0 spiro atoms. The second-order valence-electron chi connectivity index (χ2n) is 3.02. The second-order valence-corrected chi connectivity index (χ2v) is 3.29. The number of hydrogen-bond acceptors (Lipinski definition) is 2. The Balaban J connectivity index is 2.69. The normalized spacial score (nSPS) is 12.1. The van der Waals surface area contributed by atoms with E-state index in [1.54, 1.807) is 18.2 Å². The van der Waals surface area contributed by atoms with Gasteiger partial charge >= 0.3 is 0 Å². The molecule has 0 saturated heterocycles. The Kier molecular flexibility index (Phi) is 3.77. The number of hydrogen-bond donors (Lipinski definition) is 2. The van der Waals surface area contributed by atoms with E-state index in [1.807, 2.05) is 13.0 Å². The van der Waals surface area contributed by atoms with Crippen LogP contribution in [0.5, 0.6) is 5.75 Å². The third-order valence-corrected chi connectivity index (χ3v) is 2.11. The molecule has 76 valence electrons. The fraction of sp³-hybridized carbons (Fsp3) is 0.300. The predicted octanol–water partition coefficient (Wildman–Crippen LogP) is 1.81. The lowest BCUT2D eigenvalue weighted by atomic mass is 10.1. The van der Waals surface area contributed by atoms with Crippen LogP contribution < -0.4 is 5.32 Å². The largest absolute Gasteiger partial charge is 0.508 e. The molecule has 1 rings (SSSR count). The van der Waals surface area contributed by atoms with Crippen molar-refractivity contribution in [2.24, 2.45) is 0 Å². The number of rotatable bonds is 3. The molecule has 4 heteroatoms. The number of carbonyl (C=O) groups excluding carboxylic acids is 1. The number of halogens is 1. The fourth-order valence-corrected chi connectivity index (χ4v) is 1.23. The first-order chi connectivity index (χ1) is 6.63. The van der Waals surface area contributed by atoms with Gasteiger partial charge in [0.15, 0.2) is 0 Å². The van der Waals surface area contributed by atoms with Crippen molar-refractivity contribution >= 4 is 17.5 Å². The SMILES string of the molecule is C[C@@H](NC(=O)CCl)c1cccc(O)c1. The van der Waals surface area contributed by atoms with Crippen molar-refractivity contribution in [3.05, 3.63) is 29.8 Å². The van der Waals surface area contributed by atoms with E-state index in [9.17, 15) is 9.90 Å². The Hall–Kier alpha value is -1.22. The fourth-order valence-electron chi connectivity index (χ4n) is 1.16. The van der Waals surface area contributed by atoms with Gasteiger partial charge in [0.05, 0.1) is 6.04 Å². The summed E-state index contributed by atoms with van der Waals surface area (Å²) in [6.07, 6.45) is 0. The molecule has 1 amide bonds. The average molecular weight is 214 g/mol. The van der Waals surface area contributed by atoms with Crippen molar-refractivity contribution in [3.8, 4) is 5.75 Å². The molecular formula is C10H12ClNO2. The van der Waals surface area contributed by atoms with Crippen LogP contribution in [-0.4, -0.2) is 16.9 Å². The smallest absolute Gasteiger partial charge is 0.235 e. The Labute approximate surface area is 87.7 Å². The molecule has 0 aliphatic rings.